The van der Waals surface area contributed by atoms with Crippen LogP contribution in [0.3, 0.4) is 0 Å². The molecule has 0 atom stereocenters. The van der Waals surface area contributed by atoms with E-state index in [1.165, 1.54) is 11.1 Å². The summed E-state index contributed by atoms with van der Waals surface area (Å²) in [5.74, 6) is -0.511. The smallest absolute Gasteiger partial charge is 0.274 e. The maximum atomic E-state index is 11.4. The minimum absolute atomic E-state index is 0.421. The Labute approximate surface area is 152 Å². The summed E-state index contributed by atoms with van der Waals surface area (Å²) in [7, 11) is 0. The van der Waals surface area contributed by atoms with E-state index >= 15 is 0 Å². The molecule has 5 heteroatoms. The topological polar surface area (TPSA) is 74.2 Å². The van der Waals surface area contributed by atoms with Crippen molar-refractivity contribution >= 4 is 5.91 Å². The number of nitrogens with one attached hydrogen (secondary N) is 2. The van der Waals surface area contributed by atoms with E-state index in [2.05, 4.69) is 28.5 Å². The van der Waals surface area contributed by atoms with Crippen molar-refractivity contribution in [2.45, 2.75) is 13.0 Å². The number of benzene rings is 2. The van der Waals surface area contributed by atoms with Crippen molar-refractivity contribution in [3.8, 4) is 11.1 Å². The largest absolute Gasteiger partial charge is 0.312 e. The highest BCUT2D eigenvalue weighted by Crippen LogP contribution is 2.21. The van der Waals surface area contributed by atoms with Crippen molar-refractivity contribution in [3.05, 3.63) is 89.7 Å². The van der Waals surface area contributed by atoms with Gasteiger partial charge < -0.3 is 5.32 Å². The van der Waals surface area contributed by atoms with Crippen LogP contribution >= 0.6 is 0 Å². The van der Waals surface area contributed by atoms with Crippen molar-refractivity contribution in [2.24, 2.45) is 0 Å². The summed E-state index contributed by atoms with van der Waals surface area (Å²) >= 11 is 0. The van der Waals surface area contributed by atoms with Gasteiger partial charge in [0.25, 0.3) is 5.91 Å². The normalized spacial score (nSPS) is 10.5. The molecule has 0 aliphatic heterocycles. The number of hydroxylamine groups is 1. The molecule has 3 rings (SSSR count). The van der Waals surface area contributed by atoms with E-state index in [9.17, 15) is 4.79 Å². The third kappa shape index (κ3) is 4.75. The summed E-state index contributed by atoms with van der Waals surface area (Å²) in [6.07, 6.45) is 4.62. The predicted molar refractivity (Wildman–Crippen MR) is 101 cm³/mol. The molecule has 0 saturated heterocycles. The number of hydrogen-bond donors (Lipinski definition) is 3. The van der Waals surface area contributed by atoms with Crippen LogP contribution in [0.2, 0.25) is 0 Å². The van der Waals surface area contributed by atoms with Gasteiger partial charge in [0.1, 0.15) is 0 Å². The fraction of sp³-hybridized carbons (Fsp3) is 0.143. The molecule has 0 bridgehead atoms. The second-order valence-corrected chi connectivity index (χ2v) is 6.01. The minimum atomic E-state index is -0.511. The van der Waals surface area contributed by atoms with Crippen LogP contribution in [0, 0.1) is 0 Å². The number of carbonyl (C=O) groups is 1. The van der Waals surface area contributed by atoms with Crippen molar-refractivity contribution in [3.63, 3.8) is 0 Å². The van der Waals surface area contributed by atoms with Gasteiger partial charge in [0.2, 0.25) is 0 Å². The SMILES string of the molecule is O=C(NO)c1ccc(-c2cccc(CNCCc3cccnc3)c2)cc1. The molecule has 0 saturated carbocycles. The first-order valence-corrected chi connectivity index (χ1v) is 8.50. The van der Waals surface area contributed by atoms with Gasteiger partial charge in [-0.1, -0.05) is 36.4 Å². The summed E-state index contributed by atoms with van der Waals surface area (Å²) in [6.45, 7) is 1.68. The number of pyridine rings is 1. The summed E-state index contributed by atoms with van der Waals surface area (Å²) in [5.41, 5.74) is 6.60. The van der Waals surface area contributed by atoms with Crippen molar-refractivity contribution in [2.75, 3.05) is 6.54 Å². The molecule has 3 N–H and O–H groups in total. The van der Waals surface area contributed by atoms with Gasteiger partial charge >= 0.3 is 0 Å². The molecule has 0 unspecified atom stereocenters. The van der Waals surface area contributed by atoms with Crippen LogP contribution in [-0.4, -0.2) is 22.6 Å². The third-order valence-corrected chi connectivity index (χ3v) is 4.15. The van der Waals surface area contributed by atoms with Gasteiger partial charge in [0, 0.05) is 24.5 Å². The summed E-state index contributed by atoms with van der Waals surface area (Å²) in [6, 6.07) is 19.5. The molecule has 1 heterocycles. The number of amides is 1. The van der Waals surface area contributed by atoms with E-state index in [4.69, 9.17) is 5.21 Å². The molecule has 1 amide bonds. The third-order valence-electron chi connectivity index (χ3n) is 4.15. The molecule has 1 aromatic heterocycles. The highest BCUT2D eigenvalue weighted by Gasteiger charge is 2.05. The Hall–Kier alpha value is -3.02. The summed E-state index contributed by atoms with van der Waals surface area (Å²) in [4.78, 5) is 15.5. The van der Waals surface area contributed by atoms with Gasteiger partial charge in [-0.15, -0.1) is 0 Å². The lowest BCUT2D eigenvalue weighted by Gasteiger charge is -2.08. The molecule has 0 radical (unpaired) electrons. The molecule has 0 spiro atoms. The Morgan fingerprint density at radius 1 is 0.962 bits per heavy atom. The van der Waals surface area contributed by atoms with E-state index in [-0.39, 0.29) is 0 Å². The Morgan fingerprint density at radius 2 is 1.77 bits per heavy atom. The van der Waals surface area contributed by atoms with Crippen LogP contribution in [0.15, 0.2) is 73.1 Å². The van der Waals surface area contributed by atoms with E-state index in [1.807, 2.05) is 36.5 Å². The maximum Gasteiger partial charge on any atom is 0.274 e. The Morgan fingerprint density at radius 3 is 2.50 bits per heavy atom. The zero-order valence-corrected chi connectivity index (χ0v) is 14.4. The first-order valence-electron chi connectivity index (χ1n) is 8.50. The Balaban J connectivity index is 1.58. The van der Waals surface area contributed by atoms with Gasteiger partial charge in [0.15, 0.2) is 0 Å². The minimum Gasteiger partial charge on any atom is -0.312 e. The highest BCUT2D eigenvalue weighted by atomic mass is 16.5. The first-order chi connectivity index (χ1) is 12.8. The lowest BCUT2D eigenvalue weighted by atomic mass is 10.0. The fourth-order valence-corrected chi connectivity index (χ4v) is 2.75. The lowest BCUT2D eigenvalue weighted by Crippen LogP contribution is -2.18. The number of nitrogens with zero attached hydrogens (tertiary/aromatic N) is 1. The van der Waals surface area contributed by atoms with Crippen LogP contribution in [0.25, 0.3) is 11.1 Å². The average molecular weight is 347 g/mol. The second-order valence-electron chi connectivity index (χ2n) is 6.01. The van der Waals surface area contributed by atoms with E-state index in [0.29, 0.717) is 5.56 Å². The monoisotopic (exact) mass is 347 g/mol. The van der Waals surface area contributed by atoms with E-state index in [1.54, 1.807) is 23.8 Å². The van der Waals surface area contributed by atoms with E-state index in [0.717, 1.165) is 30.6 Å². The quantitative estimate of drug-likeness (QED) is 0.349. The van der Waals surface area contributed by atoms with Crippen LogP contribution in [0.4, 0.5) is 0 Å². The molecular formula is C21H21N3O2. The Bertz CT molecular complexity index is 849. The van der Waals surface area contributed by atoms with Crippen LogP contribution in [-0.2, 0) is 13.0 Å². The van der Waals surface area contributed by atoms with Gasteiger partial charge in [-0.25, -0.2) is 5.48 Å². The van der Waals surface area contributed by atoms with Crippen molar-refractivity contribution in [1.82, 2.24) is 15.8 Å². The fourth-order valence-electron chi connectivity index (χ4n) is 2.75. The van der Waals surface area contributed by atoms with Crippen LogP contribution < -0.4 is 10.8 Å². The van der Waals surface area contributed by atoms with Crippen LogP contribution in [0.1, 0.15) is 21.5 Å². The molecule has 0 fully saturated rings. The number of carbonyl (C=O) groups excluding carboxylic acids is 1. The van der Waals surface area contributed by atoms with Gasteiger partial charge in [-0.3, -0.25) is 15.0 Å². The number of hydrogen-bond acceptors (Lipinski definition) is 4. The van der Waals surface area contributed by atoms with Gasteiger partial charge in [-0.05, 0) is 59.5 Å². The summed E-state index contributed by atoms with van der Waals surface area (Å²) < 4.78 is 0. The average Bonchev–Trinajstić information content (AvgIpc) is 2.72. The molecule has 0 aliphatic rings. The number of aromatic nitrogens is 1. The first kappa shape index (κ1) is 17.8. The Kier molecular flexibility index (Phi) is 6.09. The molecule has 2 aromatic carbocycles. The predicted octanol–water partition coefficient (Wildman–Crippen LogP) is 3.20. The lowest BCUT2D eigenvalue weighted by molar-refractivity contribution is 0.0706. The molecule has 26 heavy (non-hydrogen) atoms. The zero-order chi connectivity index (χ0) is 18.2. The van der Waals surface area contributed by atoms with E-state index < -0.39 is 5.91 Å². The molecule has 5 nitrogen and oxygen atoms in total. The molecule has 3 aromatic rings. The molecule has 132 valence electrons. The maximum absolute atomic E-state index is 11.4. The van der Waals surface area contributed by atoms with Gasteiger partial charge in [-0.2, -0.15) is 0 Å². The molecule has 0 aliphatic carbocycles. The van der Waals surface area contributed by atoms with Gasteiger partial charge in [0.05, 0.1) is 0 Å². The van der Waals surface area contributed by atoms with Crippen molar-refractivity contribution < 1.29 is 10.0 Å². The highest BCUT2D eigenvalue weighted by molar-refractivity contribution is 5.93. The summed E-state index contributed by atoms with van der Waals surface area (Å²) in [5, 5.41) is 12.1. The second kappa shape index (κ2) is 8.89. The standard InChI is InChI=1S/C21H21N3O2/c25-21(24-26)19-8-6-18(7-9-19)20-5-1-3-17(13-20)15-23-12-10-16-4-2-11-22-14-16/h1-9,11,13-14,23,26H,10,12,15H2,(H,24,25). The molecular weight excluding hydrogens is 326 g/mol. The number of rotatable bonds is 7. The van der Waals surface area contributed by atoms with Crippen molar-refractivity contribution in [1.29, 1.82) is 0 Å². The van der Waals surface area contributed by atoms with Crippen LogP contribution in [0.5, 0.6) is 0 Å². The zero-order valence-electron chi connectivity index (χ0n) is 14.4.